The molecule has 0 aromatic carbocycles. The molecule has 17 heavy (non-hydrogen) atoms. The molecule has 3 nitrogen and oxygen atoms in total. The van der Waals surface area contributed by atoms with Crippen LogP contribution in [-0.2, 0) is 4.79 Å². The molecule has 2 atom stereocenters. The molecular formula is C14H25NO2. The van der Waals surface area contributed by atoms with E-state index in [1.54, 1.807) is 0 Å². The molecule has 2 fully saturated rings. The first-order chi connectivity index (χ1) is 7.91. The lowest BCUT2D eigenvalue weighted by atomic mass is 9.64. The van der Waals surface area contributed by atoms with Gasteiger partial charge in [-0.05, 0) is 38.0 Å². The predicted octanol–water partition coefficient (Wildman–Crippen LogP) is 2.09. The second kappa shape index (κ2) is 4.60. The third kappa shape index (κ3) is 2.49. The minimum absolute atomic E-state index is 0.155. The van der Waals surface area contributed by atoms with Gasteiger partial charge in [0.15, 0.2) is 0 Å². The minimum Gasteiger partial charge on any atom is -0.392 e. The SMILES string of the molecule is CC1CCC(C(=O)NC2CC(O)C2(C)C)CC1. The second-order valence-corrected chi connectivity index (χ2v) is 6.59. The van der Waals surface area contributed by atoms with E-state index in [0.29, 0.717) is 6.42 Å². The van der Waals surface area contributed by atoms with E-state index in [1.807, 2.05) is 13.8 Å². The highest BCUT2D eigenvalue weighted by atomic mass is 16.3. The first-order valence-electron chi connectivity index (χ1n) is 6.89. The zero-order valence-corrected chi connectivity index (χ0v) is 11.2. The Kier molecular flexibility index (Phi) is 3.48. The molecule has 2 rings (SSSR count). The van der Waals surface area contributed by atoms with Crippen molar-refractivity contribution in [3.05, 3.63) is 0 Å². The summed E-state index contributed by atoms with van der Waals surface area (Å²) in [6.45, 7) is 6.31. The number of carbonyl (C=O) groups is 1. The van der Waals surface area contributed by atoms with E-state index >= 15 is 0 Å². The molecule has 2 N–H and O–H groups in total. The van der Waals surface area contributed by atoms with Crippen LogP contribution in [0.4, 0.5) is 0 Å². The summed E-state index contributed by atoms with van der Waals surface area (Å²) in [5.74, 6) is 1.20. The van der Waals surface area contributed by atoms with Gasteiger partial charge in [-0.3, -0.25) is 4.79 Å². The Hall–Kier alpha value is -0.570. The second-order valence-electron chi connectivity index (χ2n) is 6.59. The minimum atomic E-state index is -0.265. The number of rotatable bonds is 2. The topological polar surface area (TPSA) is 49.3 Å². The van der Waals surface area contributed by atoms with Crippen molar-refractivity contribution in [3.63, 3.8) is 0 Å². The maximum Gasteiger partial charge on any atom is 0.223 e. The van der Waals surface area contributed by atoms with Gasteiger partial charge in [-0.25, -0.2) is 0 Å². The van der Waals surface area contributed by atoms with Crippen molar-refractivity contribution < 1.29 is 9.90 Å². The lowest BCUT2D eigenvalue weighted by molar-refractivity contribution is -0.134. The normalized spacial score (nSPS) is 40.5. The number of hydrogen-bond acceptors (Lipinski definition) is 2. The van der Waals surface area contributed by atoms with E-state index in [9.17, 15) is 9.90 Å². The molecule has 0 saturated heterocycles. The number of aliphatic hydroxyl groups excluding tert-OH is 1. The van der Waals surface area contributed by atoms with E-state index < -0.39 is 0 Å². The standard InChI is InChI=1S/C14H25NO2/c1-9-4-6-10(7-5-9)13(17)15-11-8-12(16)14(11,2)3/h9-12,16H,4-8H2,1-3H3,(H,15,17). The molecule has 0 aromatic rings. The molecular weight excluding hydrogens is 214 g/mol. The average Bonchev–Trinajstić information content (AvgIpc) is 2.29. The molecule has 0 spiro atoms. The van der Waals surface area contributed by atoms with Crippen LogP contribution in [0.5, 0.6) is 0 Å². The lowest BCUT2D eigenvalue weighted by Crippen LogP contribution is -2.61. The summed E-state index contributed by atoms with van der Waals surface area (Å²) in [6, 6.07) is 0.157. The van der Waals surface area contributed by atoms with Crippen LogP contribution in [0.3, 0.4) is 0 Å². The summed E-state index contributed by atoms with van der Waals surface area (Å²) < 4.78 is 0. The maximum absolute atomic E-state index is 12.1. The van der Waals surface area contributed by atoms with E-state index in [2.05, 4.69) is 12.2 Å². The summed E-state index contributed by atoms with van der Waals surface area (Å²) in [4.78, 5) is 12.1. The molecule has 0 aromatic heterocycles. The Balaban J connectivity index is 1.82. The van der Waals surface area contributed by atoms with Crippen molar-refractivity contribution >= 4 is 5.91 Å². The molecule has 2 aliphatic carbocycles. The van der Waals surface area contributed by atoms with Crippen LogP contribution in [0.1, 0.15) is 52.9 Å². The zero-order valence-electron chi connectivity index (χ0n) is 11.2. The summed E-state index contributed by atoms with van der Waals surface area (Å²) >= 11 is 0. The van der Waals surface area contributed by atoms with Gasteiger partial charge in [0.05, 0.1) is 6.10 Å². The lowest BCUT2D eigenvalue weighted by Gasteiger charge is -2.49. The van der Waals surface area contributed by atoms with Crippen LogP contribution in [0.25, 0.3) is 0 Å². The molecule has 3 heteroatoms. The summed E-state index contributed by atoms with van der Waals surface area (Å²) in [5, 5.41) is 12.8. The first kappa shape index (κ1) is 12.9. The van der Waals surface area contributed by atoms with Gasteiger partial charge in [-0.2, -0.15) is 0 Å². The van der Waals surface area contributed by atoms with Crippen molar-refractivity contribution in [3.8, 4) is 0 Å². The quantitative estimate of drug-likeness (QED) is 0.775. The Morgan fingerprint density at radius 2 is 1.82 bits per heavy atom. The highest BCUT2D eigenvalue weighted by molar-refractivity contribution is 5.79. The third-order valence-electron chi connectivity index (χ3n) is 4.92. The fourth-order valence-electron chi connectivity index (χ4n) is 2.96. The van der Waals surface area contributed by atoms with Crippen LogP contribution < -0.4 is 5.32 Å². The van der Waals surface area contributed by atoms with E-state index in [4.69, 9.17) is 0 Å². The maximum atomic E-state index is 12.1. The number of amides is 1. The van der Waals surface area contributed by atoms with Crippen molar-refractivity contribution in [2.45, 2.75) is 65.0 Å². The van der Waals surface area contributed by atoms with Gasteiger partial charge in [0.1, 0.15) is 0 Å². The van der Waals surface area contributed by atoms with Crippen LogP contribution in [-0.4, -0.2) is 23.2 Å². The molecule has 0 radical (unpaired) electrons. The number of hydrogen-bond donors (Lipinski definition) is 2. The number of carbonyl (C=O) groups excluding carboxylic acids is 1. The monoisotopic (exact) mass is 239 g/mol. The average molecular weight is 239 g/mol. The van der Waals surface area contributed by atoms with Crippen molar-refractivity contribution in [1.82, 2.24) is 5.32 Å². The van der Waals surface area contributed by atoms with Gasteiger partial charge >= 0.3 is 0 Å². The Labute approximate surface area is 104 Å². The van der Waals surface area contributed by atoms with E-state index in [1.165, 1.54) is 12.8 Å². The van der Waals surface area contributed by atoms with Crippen molar-refractivity contribution in [1.29, 1.82) is 0 Å². The molecule has 0 aliphatic heterocycles. The van der Waals surface area contributed by atoms with Gasteiger partial charge in [0.2, 0.25) is 5.91 Å². The highest BCUT2D eigenvalue weighted by Crippen LogP contribution is 2.40. The Morgan fingerprint density at radius 3 is 2.29 bits per heavy atom. The fraction of sp³-hybridized carbons (Fsp3) is 0.929. The first-order valence-corrected chi connectivity index (χ1v) is 6.89. The zero-order chi connectivity index (χ0) is 12.6. The Bertz CT molecular complexity index is 293. The molecule has 0 bridgehead atoms. The number of aliphatic hydroxyl groups is 1. The molecule has 2 aliphatic rings. The highest BCUT2D eigenvalue weighted by Gasteiger charge is 2.48. The summed E-state index contributed by atoms with van der Waals surface area (Å²) in [5.41, 5.74) is -0.155. The van der Waals surface area contributed by atoms with Gasteiger partial charge in [-0.1, -0.05) is 20.8 Å². The van der Waals surface area contributed by atoms with Gasteiger partial charge in [0.25, 0.3) is 0 Å². The molecule has 98 valence electrons. The van der Waals surface area contributed by atoms with Crippen LogP contribution >= 0.6 is 0 Å². The van der Waals surface area contributed by atoms with Crippen LogP contribution in [0.15, 0.2) is 0 Å². The number of nitrogens with one attached hydrogen (secondary N) is 1. The predicted molar refractivity (Wildman–Crippen MR) is 67.5 cm³/mol. The Morgan fingerprint density at radius 1 is 1.24 bits per heavy atom. The van der Waals surface area contributed by atoms with Crippen molar-refractivity contribution in [2.75, 3.05) is 0 Å². The van der Waals surface area contributed by atoms with Crippen LogP contribution in [0, 0.1) is 17.3 Å². The fourth-order valence-corrected chi connectivity index (χ4v) is 2.96. The molecule has 2 saturated carbocycles. The molecule has 0 heterocycles. The largest absolute Gasteiger partial charge is 0.392 e. The van der Waals surface area contributed by atoms with E-state index in [0.717, 1.165) is 18.8 Å². The van der Waals surface area contributed by atoms with Gasteiger partial charge < -0.3 is 10.4 Å². The van der Waals surface area contributed by atoms with Gasteiger partial charge in [0, 0.05) is 17.4 Å². The van der Waals surface area contributed by atoms with E-state index in [-0.39, 0.29) is 29.4 Å². The summed E-state index contributed by atoms with van der Waals surface area (Å²) in [7, 11) is 0. The molecule has 1 amide bonds. The van der Waals surface area contributed by atoms with Crippen LogP contribution in [0.2, 0.25) is 0 Å². The summed E-state index contributed by atoms with van der Waals surface area (Å²) in [6.07, 6.45) is 4.86. The smallest absolute Gasteiger partial charge is 0.223 e. The third-order valence-corrected chi connectivity index (χ3v) is 4.92. The van der Waals surface area contributed by atoms with Gasteiger partial charge in [-0.15, -0.1) is 0 Å². The molecule has 2 unspecified atom stereocenters. The van der Waals surface area contributed by atoms with Crippen molar-refractivity contribution in [2.24, 2.45) is 17.3 Å².